The fourth-order valence-corrected chi connectivity index (χ4v) is 3.94. The number of allylic oxidation sites excluding steroid dienone is 2. The van der Waals surface area contributed by atoms with Gasteiger partial charge in [-0.1, -0.05) is 40.2 Å². The molecule has 1 aliphatic heterocycles. The van der Waals surface area contributed by atoms with E-state index in [2.05, 4.69) is 21.2 Å². The van der Waals surface area contributed by atoms with E-state index in [-0.39, 0.29) is 33.9 Å². The molecule has 4 rings (SSSR count). The van der Waals surface area contributed by atoms with Crippen LogP contribution in [0.3, 0.4) is 0 Å². The smallest absolute Gasteiger partial charge is 0.317 e. The molecule has 9 heteroatoms. The van der Waals surface area contributed by atoms with Gasteiger partial charge in [-0.15, -0.1) is 0 Å². The minimum Gasteiger partial charge on any atom is -0.431 e. The van der Waals surface area contributed by atoms with E-state index < -0.39 is 33.9 Å². The number of fused-ring (bicyclic) bond motifs is 1. The molecule has 0 radical (unpaired) electrons. The molecular weight excluding hydrogens is 447 g/mol. The Balaban J connectivity index is 2.05. The van der Waals surface area contributed by atoms with Crippen LogP contribution in [0.25, 0.3) is 0 Å². The second-order valence-electron chi connectivity index (χ2n) is 6.37. The third-order valence-electron chi connectivity index (χ3n) is 4.80. The number of benzene rings is 2. The maximum atomic E-state index is 14.8. The van der Waals surface area contributed by atoms with Crippen LogP contribution in [0.4, 0.5) is 4.39 Å². The van der Waals surface area contributed by atoms with Crippen molar-refractivity contribution in [1.29, 1.82) is 0 Å². The van der Waals surface area contributed by atoms with Crippen LogP contribution < -0.4 is 5.32 Å². The summed E-state index contributed by atoms with van der Waals surface area (Å²) < 4.78 is 20.7. The molecule has 0 fully saturated rings. The van der Waals surface area contributed by atoms with Crippen LogP contribution in [0, 0.1) is 15.9 Å². The first kappa shape index (κ1) is 19.0. The van der Waals surface area contributed by atoms with Crippen molar-refractivity contribution in [1.82, 2.24) is 5.32 Å². The Morgan fingerprint density at radius 3 is 2.41 bits per heavy atom. The molecule has 2 aromatic carbocycles. The summed E-state index contributed by atoms with van der Waals surface area (Å²) in [6, 6.07) is 10.0. The molecule has 0 amide bonds. The van der Waals surface area contributed by atoms with Gasteiger partial charge >= 0.3 is 5.70 Å². The molecule has 29 heavy (non-hydrogen) atoms. The monoisotopic (exact) mass is 458 g/mol. The molecule has 1 atom stereocenters. The largest absolute Gasteiger partial charge is 0.431 e. The van der Waals surface area contributed by atoms with Gasteiger partial charge in [-0.3, -0.25) is 19.7 Å². The van der Waals surface area contributed by atoms with Gasteiger partial charge in [0.2, 0.25) is 5.78 Å². The number of ether oxygens (including phenoxy) is 1. The van der Waals surface area contributed by atoms with Gasteiger partial charge in [0.25, 0.3) is 5.88 Å². The Bertz CT molecular complexity index is 1170. The zero-order chi connectivity index (χ0) is 20.9. The highest BCUT2D eigenvalue weighted by Crippen LogP contribution is 2.45. The average Bonchev–Trinajstić information content (AvgIpc) is 2.72. The third kappa shape index (κ3) is 2.85. The van der Waals surface area contributed by atoms with Crippen molar-refractivity contribution < 1.29 is 23.6 Å². The number of nitro groups is 1. The number of hydrogen-bond donors (Lipinski definition) is 1. The molecule has 1 unspecified atom stereocenters. The van der Waals surface area contributed by atoms with Crippen LogP contribution >= 0.6 is 15.9 Å². The van der Waals surface area contributed by atoms with Crippen LogP contribution in [0.5, 0.6) is 0 Å². The van der Waals surface area contributed by atoms with Crippen molar-refractivity contribution in [2.45, 2.75) is 5.92 Å². The number of Topliss-reactive ketones (excluding diaryl/α,β-unsaturated/α-hetero) is 2. The molecular formula is C20H12BrFN2O5. The number of ketones is 2. The van der Waals surface area contributed by atoms with Crippen molar-refractivity contribution in [3.05, 3.63) is 102 Å². The molecule has 1 N–H and O–H groups in total. The van der Waals surface area contributed by atoms with E-state index in [1.807, 2.05) is 0 Å². The summed E-state index contributed by atoms with van der Waals surface area (Å²) in [5.74, 6) is -4.05. The predicted molar refractivity (Wildman–Crippen MR) is 103 cm³/mol. The minimum atomic E-state index is -1.43. The Hall–Kier alpha value is -3.33. The number of nitrogens with one attached hydrogen (secondary N) is 1. The molecule has 1 aliphatic carbocycles. The van der Waals surface area contributed by atoms with Crippen LogP contribution in [0.15, 0.2) is 69.8 Å². The fourth-order valence-electron chi connectivity index (χ4n) is 3.56. The third-order valence-corrected chi connectivity index (χ3v) is 5.30. The first-order chi connectivity index (χ1) is 13.8. The van der Waals surface area contributed by atoms with Crippen molar-refractivity contribution >= 4 is 27.5 Å². The zero-order valence-electron chi connectivity index (χ0n) is 14.9. The lowest BCUT2D eigenvalue weighted by Crippen LogP contribution is -2.35. The number of carbonyl (C=O) groups excluding carboxylic acids is 2. The number of nitrogens with zero attached hydrogens (tertiary/aromatic N) is 1. The molecule has 146 valence electrons. The molecule has 0 bridgehead atoms. The van der Waals surface area contributed by atoms with Crippen LogP contribution in [0.2, 0.25) is 0 Å². The van der Waals surface area contributed by atoms with Crippen molar-refractivity contribution in [2.75, 3.05) is 7.05 Å². The molecule has 1 heterocycles. The summed E-state index contributed by atoms with van der Waals surface area (Å²) >= 11 is 3.23. The van der Waals surface area contributed by atoms with Gasteiger partial charge in [0.15, 0.2) is 11.5 Å². The molecule has 2 aliphatic rings. The van der Waals surface area contributed by atoms with E-state index in [1.54, 1.807) is 12.1 Å². The second-order valence-corrected chi connectivity index (χ2v) is 7.28. The quantitative estimate of drug-likeness (QED) is 0.556. The summed E-state index contributed by atoms with van der Waals surface area (Å²) in [5.41, 5.74) is -0.698. The lowest BCUT2D eigenvalue weighted by molar-refractivity contribution is -0.433. The Kier molecular flexibility index (Phi) is 4.54. The predicted octanol–water partition coefficient (Wildman–Crippen LogP) is 3.70. The van der Waals surface area contributed by atoms with E-state index in [1.165, 1.54) is 31.3 Å². The highest BCUT2D eigenvalue weighted by molar-refractivity contribution is 9.10. The number of rotatable bonds is 3. The molecule has 2 aromatic rings. The van der Waals surface area contributed by atoms with E-state index in [9.17, 15) is 24.1 Å². The van der Waals surface area contributed by atoms with Gasteiger partial charge in [0.05, 0.1) is 10.5 Å². The van der Waals surface area contributed by atoms with Gasteiger partial charge in [0.1, 0.15) is 11.7 Å². The maximum Gasteiger partial charge on any atom is 0.317 e. The standard InChI is InChI=1S/C20H12BrFN2O5/c1-23-20-16(24(27)28)14(12-8-9(21)6-7-13(12)22)15-17(25)10-4-2-3-5-11(10)18(26)19(15)29-20/h2-8,14,23H,1H3. The summed E-state index contributed by atoms with van der Waals surface area (Å²) in [6.45, 7) is 0. The second kappa shape index (κ2) is 6.93. The Labute approximate surface area is 172 Å². The first-order valence-corrected chi connectivity index (χ1v) is 9.26. The fraction of sp³-hybridized carbons (Fsp3) is 0.100. The zero-order valence-corrected chi connectivity index (χ0v) is 16.4. The van der Waals surface area contributed by atoms with Gasteiger partial charge < -0.3 is 10.1 Å². The first-order valence-electron chi connectivity index (χ1n) is 8.46. The highest BCUT2D eigenvalue weighted by Gasteiger charge is 2.49. The Morgan fingerprint density at radius 1 is 1.14 bits per heavy atom. The van der Waals surface area contributed by atoms with E-state index in [0.29, 0.717) is 4.47 Å². The summed E-state index contributed by atoms with van der Waals surface area (Å²) in [5, 5.41) is 14.4. The molecule has 0 saturated heterocycles. The van der Waals surface area contributed by atoms with E-state index in [4.69, 9.17) is 4.74 Å². The Morgan fingerprint density at radius 2 is 1.79 bits per heavy atom. The van der Waals surface area contributed by atoms with Gasteiger partial charge in [0, 0.05) is 28.2 Å². The minimum absolute atomic E-state index is 0.0934. The lowest BCUT2D eigenvalue weighted by atomic mass is 9.77. The SMILES string of the molecule is CNC1=C([N+](=O)[O-])C(c2cc(Br)ccc2F)C2=C(O1)C(=O)c1ccccc1C2=O. The molecule has 0 spiro atoms. The van der Waals surface area contributed by atoms with Crippen LogP contribution in [-0.2, 0) is 4.74 Å². The number of halogens is 2. The van der Waals surface area contributed by atoms with Crippen molar-refractivity contribution in [3.63, 3.8) is 0 Å². The van der Waals surface area contributed by atoms with Gasteiger partial charge in [-0.2, -0.15) is 0 Å². The maximum absolute atomic E-state index is 14.8. The van der Waals surface area contributed by atoms with Crippen LogP contribution in [0.1, 0.15) is 32.2 Å². The summed E-state index contributed by atoms with van der Waals surface area (Å²) in [7, 11) is 1.38. The van der Waals surface area contributed by atoms with E-state index >= 15 is 0 Å². The molecule has 7 nitrogen and oxygen atoms in total. The van der Waals surface area contributed by atoms with Crippen LogP contribution in [-0.4, -0.2) is 23.5 Å². The topological polar surface area (TPSA) is 98.5 Å². The van der Waals surface area contributed by atoms with Gasteiger partial charge in [-0.05, 0) is 18.2 Å². The van der Waals surface area contributed by atoms with Crippen molar-refractivity contribution in [2.24, 2.45) is 0 Å². The summed E-state index contributed by atoms with van der Waals surface area (Å²) in [6.07, 6.45) is 0. The summed E-state index contributed by atoms with van der Waals surface area (Å²) in [4.78, 5) is 37.4. The average molecular weight is 459 g/mol. The van der Waals surface area contributed by atoms with E-state index in [0.717, 1.165) is 6.07 Å². The lowest BCUT2D eigenvalue weighted by Gasteiger charge is -2.30. The van der Waals surface area contributed by atoms with Gasteiger partial charge in [-0.25, -0.2) is 4.39 Å². The number of carbonyl (C=O) groups is 2. The number of hydrogen-bond acceptors (Lipinski definition) is 6. The molecule has 0 saturated carbocycles. The highest BCUT2D eigenvalue weighted by atomic mass is 79.9. The normalized spacial score (nSPS) is 18.2. The molecule has 0 aromatic heterocycles. The van der Waals surface area contributed by atoms with Crippen molar-refractivity contribution in [3.8, 4) is 0 Å².